The zero-order valence-electron chi connectivity index (χ0n) is 14.2. The second-order valence-electron chi connectivity index (χ2n) is 6.30. The Morgan fingerprint density at radius 1 is 1.21 bits per heavy atom. The molecular weight excluding hydrogens is 336 g/mol. The molecule has 3 nitrogen and oxygen atoms in total. The monoisotopic (exact) mass is 362 g/mol. The first-order chi connectivity index (χ1) is 11.8. The maximum absolute atomic E-state index is 9.46. The molecule has 3 rings (SSSR count). The summed E-state index contributed by atoms with van der Waals surface area (Å²) in [7, 11) is 0. The van der Waals surface area contributed by atoms with Crippen LogP contribution in [-0.4, -0.2) is 53.4 Å². The summed E-state index contributed by atoms with van der Waals surface area (Å²) in [6.07, 6.45) is 2.98. The number of thiophene rings is 1. The summed E-state index contributed by atoms with van der Waals surface area (Å²) in [5.74, 6) is 0. The van der Waals surface area contributed by atoms with Crippen LogP contribution in [0.5, 0.6) is 0 Å². The largest absolute Gasteiger partial charge is 0.396 e. The van der Waals surface area contributed by atoms with E-state index in [4.69, 9.17) is 0 Å². The van der Waals surface area contributed by atoms with Gasteiger partial charge in [0.2, 0.25) is 0 Å². The number of benzene rings is 1. The molecule has 0 amide bonds. The Morgan fingerprint density at radius 3 is 2.88 bits per heavy atom. The average molecular weight is 363 g/mol. The van der Waals surface area contributed by atoms with E-state index in [1.807, 2.05) is 11.3 Å². The van der Waals surface area contributed by atoms with Crippen molar-refractivity contribution in [2.24, 2.45) is 0 Å². The van der Waals surface area contributed by atoms with E-state index in [2.05, 4.69) is 57.8 Å². The van der Waals surface area contributed by atoms with Gasteiger partial charge in [-0.1, -0.05) is 18.2 Å². The molecule has 1 aromatic carbocycles. The molecule has 0 spiro atoms. The third-order valence-electron chi connectivity index (χ3n) is 4.63. The quantitative estimate of drug-likeness (QED) is 0.762. The molecule has 2 aromatic rings. The van der Waals surface area contributed by atoms with Crippen LogP contribution in [0.2, 0.25) is 0 Å². The number of rotatable bonds is 7. The minimum absolute atomic E-state index is 0.265. The average Bonchev–Trinajstić information content (AvgIpc) is 3.11. The van der Waals surface area contributed by atoms with Crippen LogP contribution in [0.4, 0.5) is 0 Å². The van der Waals surface area contributed by atoms with Gasteiger partial charge in [0.1, 0.15) is 0 Å². The molecule has 1 saturated heterocycles. The van der Waals surface area contributed by atoms with Crippen LogP contribution in [0, 0.1) is 0 Å². The zero-order chi connectivity index (χ0) is 16.8. The highest BCUT2D eigenvalue weighted by Gasteiger charge is 2.26. The van der Waals surface area contributed by atoms with Crippen molar-refractivity contribution in [2.45, 2.75) is 30.4 Å². The predicted octanol–water partition coefficient (Wildman–Crippen LogP) is 3.54. The highest BCUT2D eigenvalue weighted by atomic mass is 32.2. The maximum atomic E-state index is 9.46. The normalized spacial score (nSPS) is 19.7. The lowest BCUT2D eigenvalue weighted by atomic mass is 10.1. The van der Waals surface area contributed by atoms with Crippen molar-refractivity contribution in [3.8, 4) is 0 Å². The van der Waals surface area contributed by atoms with Crippen LogP contribution in [-0.2, 0) is 13.1 Å². The Morgan fingerprint density at radius 2 is 2.12 bits per heavy atom. The van der Waals surface area contributed by atoms with Gasteiger partial charge in [-0.2, -0.15) is 0 Å². The molecule has 24 heavy (non-hydrogen) atoms. The lowest BCUT2D eigenvalue weighted by Gasteiger charge is -2.41. The number of piperazine rings is 1. The lowest BCUT2D eigenvalue weighted by molar-refractivity contribution is 0.0506. The molecule has 0 saturated carbocycles. The fourth-order valence-corrected chi connectivity index (χ4v) is 4.58. The van der Waals surface area contributed by atoms with Crippen LogP contribution in [0.3, 0.4) is 0 Å². The summed E-state index contributed by atoms with van der Waals surface area (Å²) >= 11 is 3.62. The first kappa shape index (κ1) is 18.0. The summed E-state index contributed by atoms with van der Waals surface area (Å²) in [6, 6.07) is 13.6. The lowest BCUT2D eigenvalue weighted by Crippen LogP contribution is -2.52. The Hall–Kier alpha value is -0.850. The number of thioether (sulfide) groups is 1. The molecule has 1 atom stereocenters. The Balaban J connectivity index is 1.61. The molecule has 0 aliphatic carbocycles. The Kier molecular flexibility index (Phi) is 6.75. The first-order valence-corrected chi connectivity index (χ1v) is 10.6. The molecule has 0 bridgehead atoms. The SMILES string of the molecule is CSc1cccc(CN2CCN(Cc3cccs3)[C@@H](CCO)C2)c1. The van der Waals surface area contributed by atoms with E-state index < -0.39 is 0 Å². The van der Waals surface area contributed by atoms with Gasteiger partial charge < -0.3 is 5.11 Å². The predicted molar refractivity (Wildman–Crippen MR) is 104 cm³/mol. The van der Waals surface area contributed by atoms with E-state index in [-0.39, 0.29) is 6.61 Å². The van der Waals surface area contributed by atoms with E-state index >= 15 is 0 Å². The van der Waals surface area contributed by atoms with Crippen molar-refractivity contribution in [2.75, 3.05) is 32.5 Å². The molecule has 1 aliphatic heterocycles. The van der Waals surface area contributed by atoms with Crippen molar-refractivity contribution in [1.29, 1.82) is 0 Å². The minimum atomic E-state index is 0.265. The molecule has 0 radical (unpaired) electrons. The molecule has 1 N–H and O–H groups in total. The second kappa shape index (κ2) is 9.02. The van der Waals surface area contributed by atoms with Crippen LogP contribution < -0.4 is 0 Å². The number of nitrogens with zero attached hydrogens (tertiary/aromatic N) is 2. The molecule has 130 valence electrons. The van der Waals surface area contributed by atoms with Crippen LogP contribution in [0.15, 0.2) is 46.7 Å². The summed E-state index contributed by atoms with van der Waals surface area (Å²) in [6.45, 7) is 5.49. The molecule has 1 aromatic heterocycles. The van der Waals surface area contributed by atoms with Crippen molar-refractivity contribution >= 4 is 23.1 Å². The van der Waals surface area contributed by atoms with Gasteiger partial charge >= 0.3 is 0 Å². The molecule has 2 heterocycles. The third-order valence-corrected chi connectivity index (χ3v) is 6.22. The van der Waals surface area contributed by atoms with Gasteiger partial charge in [0, 0.05) is 55.1 Å². The van der Waals surface area contributed by atoms with Crippen molar-refractivity contribution in [1.82, 2.24) is 9.80 Å². The second-order valence-corrected chi connectivity index (χ2v) is 8.21. The highest BCUT2D eigenvalue weighted by molar-refractivity contribution is 7.98. The topological polar surface area (TPSA) is 26.7 Å². The molecular formula is C19H26N2OS2. The van der Waals surface area contributed by atoms with E-state index in [1.54, 1.807) is 11.8 Å². The third kappa shape index (κ3) is 4.83. The van der Waals surface area contributed by atoms with Gasteiger partial charge in [-0.25, -0.2) is 0 Å². The molecule has 1 fully saturated rings. The molecule has 0 unspecified atom stereocenters. The number of hydrogen-bond acceptors (Lipinski definition) is 5. The fraction of sp³-hybridized carbons (Fsp3) is 0.474. The van der Waals surface area contributed by atoms with Gasteiger partial charge in [0.05, 0.1) is 0 Å². The number of aliphatic hydroxyl groups excluding tert-OH is 1. The summed E-state index contributed by atoms with van der Waals surface area (Å²) in [5.41, 5.74) is 1.39. The van der Waals surface area contributed by atoms with Gasteiger partial charge in [0.25, 0.3) is 0 Å². The first-order valence-electron chi connectivity index (χ1n) is 8.51. The van der Waals surface area contributed by atoms with Gasteiger partial charge in [-0.3, -0.25) is 9.80 Å². The smallest absolute Gasteiger partial charge is 0.0446 e. The van der Waals surface area contributed by atoms with Crippen molar-refractivity contribution < 1.29 is 5.11 Å². The van der Waals surface area contributed by atoms with Crippen LogP contribution >= 0.6 is 23.1 Å². The van der Waals surface area contributed by atoms with Gasteiger partial charge in [0.15, 0.2) is 0 Å². The summed E-state index contributed by atoms with van der Waals surface area (Å²) < 4.78 is 0. The molecule has 1 aliphatic rings. The summed E-state index contributed by atoms with van der Waals surface area (Å²) in [5, 5.41) is 11.6. The summed E-state index contributed by atoms with van der Waals surface area (Å²) in [4.78, 5) is 7.82. The number of hydrogen-bond donors (Lipinski definition) is 1. The van der Waals surface area contributed by atoms with Gasteiger partial charge in [-0.05, 0) is 41.8 Å². The van der Waals surface area contributed by atoms with Crippen LogP contribution in [0.1, 0.15) is 16.9 Å². The Labute approximate surface area is 153 Å². The van der Waals surface area contributed by atoms with Gasteiger partial charge in [-0.15, -0.1) is 23.1 Å². The molecule has 5 heteroatoms. The van der Waals surface area contributed by atoms with E-state index in [0.29, 0.717) is 6.04 Å². The standard InChI is InChI=1S/C19H26N2OS2/c1-23-18-5-2-4-16(12-18)13-20-8-9-21(17(14-20)7-10-22)15-19-6-3-11-24-19/h2-6,11-12,17,22H,7-10,13-15H2,1H3/t17-/m0/s1. The van der Waals surface area contributed by atoms with Crippen molar-refractivity contribution in [3.63, 3.8) is 0 Å². The van der Waals surface area contributed by atoms with E-state index in [1.165, 1.54) is 15.3 Å². The van der Waals surface area contributed by atoms with Crippen LogP contribution in [0.25, 0.3) is 0 Å². The maximum Gasteiger partial charge on any atom is 0.0446 e. The van der Waals surface area contributed by atoms with Crippen molar-refractivity contribution in [3.05, 3.63) is 52.2 Å². The number of aliphatic hydroxyl groups is 1. The minimum Gasteiger partial charge on any atom is -0.396 e. The zero-order valence-corrected chi connectivity index (χ0v) is 15.9. The highest BCUT2D eigenvalue weighted by Crippen LogP contribution is 2.22. The van der Waals surface area contributed by atoms with E-state index in [0.717, 1.165) is 39.1 Å². The fourth-order valence-electron chi connectivity index (χ4n) is 3.36. The van der Waals surface area contributed by atoms with E-state index in [9.17, 15) is 5.11 Å². The Bertz CT molecular complexity index is 618.